The van der Waals surface area contributed by atoms with Gasteiger partial charge in [-0.15, -0.1) is 0 Å². The zero-order chi connectivity index (χ0) is 51.0. The van der Waals surface area contributed by atoms with E-state index >= 15 is 0 Å². The average Bonchev–Trinajstić information content (AvgIpc) is 3.75. The fraction of sp³-hybridized carbons (Fsp3) is 0.0588. The molecule has 0 saturated heterocycles. The largest absolute Gasteiger partial charge is 0.455 e. The van der Waals surface area contributed by atoms with Gasteiger partial charge in [0, 0.05) is 16.3 Å². The summed E-state index contributed by atoms with van der Waals surface area (Å²) in [5.41, 5.74) is 2.49. The van der Waals surface area contributed by atoms with Gasteiger partial charge in [-0.3, -0.25) is 0 Å². The smallest absolute Gasteiger partial charge is 0.143 e. The quantitative estimate of drug-likeness (QED) is 0.152. The molecular formula is C51H36O. The van der Waals surface area contributed by atoms with Gasteiger partial charge < -0.3 is 4.42 Å². The minimum Gasteiger partial charge on any atom is -0.455 e. The predicted molar refractivity (Wildman–Crippen MR) is 220 cm³/mol. The molecule has 0 unspecified atom stereocenters. The summed E-state index contributed by atoms with van der Waals surface area (Å²) in [6.45, 7) is 0. The third-order valence-electron chi connectivity index (χ3n) is 9.56. The van der Waals surface area contributed by atoms with Gasteiger partial charge in [-0.1, -0.05) is 169 Å². The molecule has 9 aromatic carbocycles. The molecule has 0 aliphatic carbocycles. The Morgan fingerprint density at radius 2 is 1.08 bits per heavy atom. The standard InChI is InChI=1S/C51H36O/c1-3-14-34(15-4-1)32-48-42-22-11-9-20-40(42)44(41-21-10-12-23-43(41)48)29-26-36-27-30-45(39-19-8-7-18-38(36)39)46-24-13-25-47-49-33-37(35-16-5-2-6-17-35)28-31-50(49)52-51(46)47/h1-25,27-28,30-31,33H,26,29,32H2/i1D,3D,4D,7D,8D,9D,10D,11D,12D,14D,15D,18D,19D,20D,21D,22D,23D,27D,30D. The van der Waals surface area contributed by atoms with E-state index in [9.17, 15) is 11.0 Å². The summed E-state index contributed by atoms with van der Waals surface area (Å²) in [4.78, 5) is 0. The van der Waals surface area contributed by atoms with Crippen LogP contribution in [0.25, 0.3) is 76.5 Å². The van der Waals surface area contributed by atoms with E-state index < -0.39 is 121 Å². The molecule has 0 radical (unpaired) electrons. The molecule has 0 N–H and O–H groups in total. The Morgan fingerprint density at radius 1 is 0.423 bits per heavy atom. The zero-order valence-electron chi connectivity index (χ0n) is 46.4. The summed E-state index contributed by atoms with van der Waals surface area (Å²) in [7, 11) is 0. The van der Waals surface area contributed by atoms with Gasteiger partial charge in [-0.25, -0.2) is 0 Å². The minimum atomic E-state index is -0.711. The third kappa shape index (κ3) is 5.17. The molecule has 0 atom stereocenters. The van der Waals surface area contributed by atoms with Crippen LogP contribution in [-0.4, -0.2) is 0 Å². The van der Waals surface area contributed by atoms with Crippen molar-refractivity contribution in [3.8, 4) is 22.3 Å². The van der Waals surface area contributed by atoms with Crippen molar-refractivity contribution in [2.45, 2.75) is 19.3 Å². The van der Waals surface area contributed by atoms with Crippen molar-refractivity contribution < 1.29 is 30.5 Å². The second-order valence-electron chi connectivity index (χ2n) is 12.5. The predicted octanol–water partition coefficient (Wildman–Crippen LogP) is 13.8. The lowest BCUT2D eigenvalue weighted by molar-refractivity contribution is 0.670. The highest BCUT2D eigenvalue weighted by molar-refractivity contribution is 6.13. The number of aryl methyl sites for hydroxylation is 2. The Bertz CT molecular complexity index is 3900. The molecule has 10 rings (SSSR count). The molecule has 52 heavy (non-hydrogen) atoms. The van der Waals surface area contributed by atoms with Gasteiger partial charge in [0.15, 0.2) is 0 Å². The van der Waals surface area contributed by atoms with E-state index in [4.69, 9.17) is 19.5 Å². The summed E-state index contributed by atoms with van der Waals surface area (Å²) in [5, 5.41) is 0.325. The van der Waals surface area contributed by atoms with E-state index in [0.29, 0.717) is 22.1 Å². The molecule has 1 nitrogen and oxygen atoms in total. The maximum atomic E-state index is 9.64. The van der Waals surface area contributed by atoms with Gasteiger partial charge in [0.25, 0.3) is 0 Å². The Balaban J connectivity index is 1.25. The SMILES string of the molecule is [2H]c1c([2H])c([2H])c(Cc2c3c([2H])c([2H])c([2H])c([2H])c3c(CCc3c([2H])c([2H])c(-c4cccc5c4oc4ccc(-c6ccccc6)cc45)c4c([2H])c([2H])c([2H])c([2H])c34)c3c([2H])c([2H])c([2H])c([2H])c23)c([2H])c1[2H]. The first kappa shape index (κ1) is 16.7. The van der Waals surface area contributed by atoms with Crippen molar-refractivity contribution in [2.75, 3.05) is 0 Å². The molecular weight excluding hydrogens is 629 g/mol. The van der Waals surface area contributed by atoms with Crippen LogP contribution in [-0.2, 0) is 19.3 Å². The average molecular weight is 684 g/mol. The van der Waals surface area contributed by atoms with Crippen molar-refractivity contribution in [2.24, 2.45) is 0 Å². The van der Waals surface area contributed by atoms with E-state index in [1.54, 1.807) is 12.1 Å². The van der Waals surface area contributed by atoms with Gasteiger partial charge in [0.1, 0.15) is 11.2 Å². The van der Waals surface area contributed by atoms with E-state index in [2.05, 4.69) is 0 Å². The highest BCUT2D eigenvalue weighted by Gasteiger charge is 2.18. The van der Waals surface area contributed by atoms with Crippen LogP contribution in [0.3, 0.4) is 0 Å². The normalized spacial score (nSPS) is 16.8. The van der Waals surface area contributed by atoms with E-state index in [0.717, 1.165) is 16.5 Å². The fourth-order valence-corrected chi connectivity index (χ4v) is 7.18. The zero-order valence-corrected chi connectivity index (χ0v) is 27.4. The van der Waals surface area contributed by atoms with E-state index in [1.807, 2.05) is 54.6 Å². The topological polar surface area (TPSA) is 13.1 Å². The van der Waals surface area contributed by atoms with Crippen LogP contribution < -0.4 is 0 Å². The first-order chi connectivity index (χ1) is 33.7. The second-order valence-corrected chi connectivity index (χ2v) is 12.5. The molecule has 10 aromatic rings. The van der Waals surface area contributed by atoms with Gasteiger partial charge in [-0.05, 0) is 103 Å². The third-order valence-corrected chi connectivity index (χ3v) is 9.56. The Kier molecular flexibility index (Phi) is 4.09. The van der Waals surface area contributed by atoms with Gasteiger partial charge in [-0.2, -0.15) is 0 Å². The van der Waals surface area contributed by atoms with Crippen LogP contribution >= 0.6 is 0 Å². The fourth-order valence-electron chi connectivity index (χ4n) is 7.18. The summed E-state index contributed by atoms with van der Waals surface area (Å²) < 4.78 is 176. The van der Waals surface area contributed by atoms with Crippen molar-refractivity contribution in [3.05, 3.63) is 204 Å². The van der Waals surface area contributed by atoms with Gasteiger partial charge in [0.05, 0.1) is 26.0 Å². The van der Waals surface area contributed by atoms with Crippen LogP contribution in [0.4, 0.5) is 0 Å². The first-order valence-electron chi connectivity index (χ1n) is 26.2. The summed E-state index contributed by atoms with van der Waals surface area (Å²) in [6, 6.07) is 8.95. The van der Waals surface area contributed by atoms with Gasteiger partial charge >= 0.3 is 0 Å². The van der Waals surface area contributed by atoms with E-state index in [-0.39, 0.29) is 73.0 Å². The van der Waals surface area contributed by atoms with Crippen LogP contribution in [0.5, 0.6) is 0 Å². The molecule has 0 bridgehead atoms. The number of furan rings is 1. The molecule has 0 aliphatic rings. The Morgan fingerprint density at radius 3 is 1.81 bits per heavy atom. The van der Waals surface area contributed by atoms with Crippen molar-refractivity contribution in [3.63, 3.8) is 0 Å². The van der Waals surface area contributed by atoms with Crippen molar-refractivity contribution in [1.29, 1.82) is 0 Å². The first-order valence-corrected chi connectivity index (χ1v) is 16.7. The molecule has 246 valence electrons. The minimum absolute atomic E-state index is 0.00446. The highest BCUT2D eigenvalue weighted by atomic mass is 16.3. The van der Waals surface area contributed by atoms with E-state index in [1.165, 1.54) is 0 Å². The molecule has 0 spiro atoms. The lowest BCUT2D eigenvalue weighted by Gasteiger charge is -2.18. The van der Waals surface area contributed by atoms with Crippen LogP contribution in [0.1, 0.15) is 48.3 Å². The number of hydrogen-bond acceptors (Lipinski definition) is 1. The van der Waals surface area contributed by atoms with Crippen LogP contribution in [0.2, 0.25) is 0 Å². The highest BCUT2D eigenvalue weighted by Crippen LogP contribution is 2.41. The summed E-state index contributed by atoms with van der Waals surface area (Å²) >= 11 is 0. The molecule has 0 aliphatic heterocycles. The molecule has 1 heterocycles. The van der Waals surface area contributed by atoms with Crippen LogP contribution in [0, 0.1) is 0 Å². The maximum Gasteiger partial charge on any atom is 0.143 e. The number of hydrogen-bond donors (Lipinski definition) is 0. The number of rotatable bonds is 7. The molecule has 0 amide bonds. The number of benzene rings is 9. The lowest BCUT2D eigenvalue weighted by Crippen LogP contribution is -2.00. The lowest BCUT2D eigenvalue weighted by atomic mass is 9.86. The molecule has 0 saturated carbocycles. The molecule has 1 aromatic heterocycles. The van der Waals surface area contributed by atoms with Crippen LogP contribution in [0.15, 0.2) is 186 Å². The summed E-state index contributed by atoms with van der Waals surface area (Å²) in [6.07, 6.45) is -1.32. The monoisotopic (exact) mass is 683 g/mol. The molecule has 0 fully saturated rings. The Labute approximate surface area is 330 Å². The second kappa shape index (κ2) is 12.7. The van der Waals surface area contributed by atoms with Crippen molar-refractivity contribution in [1.82, 2.24) is 0 Å². The molecule has 1 heteroatoms. The number of fused-ring (bicyclic) bond motifs is 6. The Hall–Kier alpha value is -6.44. The van der Waals surface area contributed by atoms with Crippen molar-refractivity contribution >= 4 is 54.3 Å². The maximum absolute atomic E-state index is 9.64. The van der Waals surface area contributed by atoms with Gasteiger partial charge in [0.2, 0.25) is 0 Å². The summed E-state index contributed by atoms with van der Waals surface area (Å²) in [5.74, 6) is 0. The number of para-hydroxylation sites is 1.